The van der Waals surface area contributed by atoms with Crippen molar-refractivity contribution < 1.29 is 19.1 Å². The predicted octanol–water partition coefficient (Wildman–Crippen LogP) is 3.18. The number of hydrogen-bond donors (Lipinski definition) is 2. The summed E-state index contributed by atoms with van der Waals surface area (Å²) in [5.41, 5.74) is 1.79. The van der Waals surface area contributed by atoms with E-state index in [1.54, 1.807) is 31.2 Å². The lowest BCUT2D eigenvalue weighted by atomic mass is 10.2. The Bertz CT molecular complexity index is 541. The standard InChI is InChI=1S/C16H22N2O4/c1-4-6-12(2)15(19)17-13-7-5-8-14(11-13)18-16(20)22-10-9-21-3/h5-8,11H,4,9-10H2,1-3H3,(H,17,19)(H,18,20). The van der Waals surface area contributed by atoms with Crippen molar-refractivity contribution in [2.24, 2.45) is 0 Å². The van der Waals surface area contributed by atoms with Gasteiger partial charge in [-0.15, -0.1) is 0 Å². The smallest absolute Gasteiger partial charge is 0.411 e. The van der Waals surface area contributed by atoms with Crippen molar-refractivity contribution in [3.63, 3.8) is 0 Å². The summed E-state index contributed by atoms with van der Waals surface area (Å²) in [6.07, 6.45) is 2.08. The first-order chi connectivity index (χ1) is 10.6. The molecule has 6 heteroatoms. The Hall–Kier alpha value is -2.34. The fourth-order valence-corrected chi connectivity index (χ4v) is 1.67. The molecule has 1 aromatic carbocycles. The number of ether oxygens (including phenoxy) is 2. The number of methoxy groups -OCH3 is 1. The lowest BCUT2D eigenvalue weighted by molar-refractivity contribution is -0.112. The molecule has 0 atom stereocenters. The Morgan fingerprint density at radius 1 is 1.18 bits per heavy atom. The molecule has 0 aromatic heterocycles. The molecule has 0 spiro atoms. The quantitative estimate of drug-likeness (QED) is 0.599. The summed E-state index contributed by atoms with van der Waals surface area (Å²) in [7, 11) is 1.53. The molecular weight excluding hydrogens is 284 g/mol. The van der Waals surface area contributed by atoms with Gasteiger partial charge in [-0.3, -0.25) is 10.1 Å². The first kappa shape index (κ1) is 17.7. The van der Waals surface area contributed by atoms with Crippen LogP contribution in [0.15, 0.2) is 35.9 Å². The van der Waals surface area contributed by atoms with E-state index in [2.05, 4.69) is 10.6 Å². The van der Waals surface area contributed by atoms with Crippen LogP contribution in [-0.2, 0) is 14.3 Å². The zero-order chi connectivity index (χ0) is 16.4. The molecule has 0 aliphatic rings. The predicted molar refractivity (Wildman–Crippen MR) is 86.0 cm³/mol. The van der Waals surface area contributed by atoms with Gasteiger partial charge in [0.15, 0.2) is 0 Å². The average molecular weight is 306 g/mol. The fraction of sp³-hybridized carbons (Fsp3) is 0.375. The van der Waals surface area contributed by atoms with E-state index in [0.717, 1.165) is 6.42 Å². The lowest BCUT2D eigenvalue weighted by Gasteiger charge is -2.09. The van der Waals surface area contributed by atoms with E-state index in [9.17, 15) is 9.59 Å². The maximum absolute atomic E-state index is 11.9. The summed E-state index contributed by atoms with van der Waals surface area (Å²) in [6.45, 7) is 4.25. The minimum absolute atomic E-state index is 0.165. The van der Waals surface area contributed by atoms with Crippen LogP contribution in [0.1, 0.15) is 20.3 Å². The highest BCUT2D eigenvalue weighted by atomic mass is 16.6. The molecule has 0 bridgehead atoms. The van der Waals surface area contributed by atoms with Gasteiger partial charge in [0.05, 0.1) is 6.61 Å². The number of nitrogens with one attached hydrogen (secondary N) is 2. The molecule has 0 saturated heterocycles. The molecular formula is C16H22N2O4. The van der Waals surface area contributed by atoms with Crippen LogP contribution in [0, 0.1) is 0 Å². The Morgan fingerprint density at radius 3 is 2.50 bits per heavy atom. The Morgan fingerprint density at radius 2 is 1.86 bits per heavy atom. The van der Waals surface area contributed by atoms with E-state index in [4.69, 9.17) is 9.47 Å². The number of benzene rings is 1. The minimum Gasteiger partial charge on any atom is -0.447 e. The second-order valence-electron chi connectivity index (χ2n) is 4.58. The number of hydrogen-bond acceptors (Lipinski definition) is 4. The van der Waals surface area contributed by atoms with Crippen molar-refractivity contribution >= 4 is 23.4 Å². The average Bonchev–Trinajstić information content (AvgIpc) is 2.48. The van der Waals surface area contributed by atoms with Gasteiger partial charge >= 0.3 is 6.09 Å². The molecule has 0 fully saturated rings. The number of carbonyl (C=O) groups is 2. The third kappa shape index (κ3) is 6.41. The molecule has 120 valence electrons. The molecule has 22 heavy (non-hydrogen) atoms. The fourth-order valence-electron chi connectivity index (χ4n) is 1.67. The molecule has 0 unspecified atom stereocenters. The molecule has 1 rings (SSSR count). The van der Waals surface area contributed by atoms with Crippen LogP contribution in [0.5, 0.6) is 0 Å². The number of anilines is 2. The lowest BCUT2D eigenvalue weighted by Crippen LogP contribution is -2.17. The van der Waals surface area contributed by atoms with Gasteiger partial charge in [-0.25, -0.2) is 4.79 Å². The molecule has 0 aliphatic carbocycles. The first-order valence-electron chi connectivity index (χ1n) is 7.07. The second-order valence-corrected chi connectivity index (χ2v) is 4.58. The SMILES string of the molecule is CCC=C(C)C(=O)Nc1cccc(NC(=O)OCCOC)c1. The molecule has 0 aliphatic heterocycles. The van der Waals surface area contributed by atoms with E-state index >= 15 is 0 Å². The number of carbonyl (C=O) groups excluding carboxylic acids is 2. The van der Waals surface area contributed by atoms with Crippen molar-refractivity contribution in [3.8, 4) is 0 Å². The van der Waals surface area contributed by atoms with E-state index in [0.29, 0.717) is 23.6 Å². The largest absolute Gasteiger partial charge is 0.447 e. The van der Waals surface area contributed by atoms with Gasteiger partial charge < -0.3 is 14.8 Å². The highest BCUT2D eigenvalue weighted by molar-refractivity contribution is 6.03. The van der Waals surface area contributed by atoms with E-state index in [1.165, 1.54) is 7.11 Å². The highest BCUT2D eigenvalue weighted by Crippen LogP contribution is 2.16. The van der Waals surface area contributed by atoms with E-state index in [-0.39, 0.29) is 12.5 Å². The summed E-state index contributed by atoms with van der Waals surface area (Å²) < 4.78 is 9.70. The van der Waals surface area contributed by atoms with Gasteiger partial charge in [0.1, 0.15) is 6.61 Å². The minimum atomic E-state index is -0.567. The third-order valence-electron chi connectivity index (χ3n) is 2.76. The molecule has 6 nitrogen and oxygen atoms in total. The van der Waals surface area contributed by atoms with E-state index < -0.39 is 6.09 Å². The van der Waals surface area contributed by atoms with Crippen molar-refractivity contribution in [1.29, 1.82) is 0 Å². The molecule has 2 amide bonds. The van der Waals surface area contributed by atoms with E-state index in [1.807, 2.05) is 13.0 Å². The van der Waals surface area contributed by atoms with Crippen LogP contribution in [0.3, 0.4) is 0 Å². The summed E-state index contributed by atoms with van der Waals surface area (Å²) >= 11 is 0. The van der Waals surface area contributed by atoms with Crippen molar-refractivity contribution in [3.05, 3.63) is 35.9 Å². The summed E-state index contributed by atoms with van der Waals surface area (Å²) in [4.78, 5) is 23.4. The van der Waals surface area contributed by atoms with Gasteiger partial charge in [0.25, 0.3) is 5.91 Å². The molecule has 1 aromatic rings. The van der Waals surface area contributed by atoms with Gasteiger partial charge in [0.2, 0.25) is 0 Å². The second kappa shape index (κ2) is 9.57. The Balaban J connectivity index is 2.60. The molecule has 0 saturated carbocycles. The Labute approximate surface area is 130 Å². The zero-order valence-corrected chi connectivity index (χ0v) is 13.1. The van der Waals surface area contributed by atoms with Crippen LogP contribution in [-0.4, -0.2) is 32.3 Å². The topological polar surface area (TPSA) is 76.7 Å². The summed E-state index contributed by atoms with van der Waals surface area (Å²) in [5.74, 6) is -0.165. The van der Waals surface area contributed by atoms with Gasteiger partial charge in [-0.2, -0.15) is 0 Å². The van der Waals surface area contributed by atoms with Gasteiger partial charge in [0, 0.05) is 24.1 Å². The van der Waals surface area contributed by atoms with Crippen molar-refractivity contribution in [2.75, 3.05) is 31.0 Å². The van der Waals surface area contributed by atoms with Crippen LogP contribution in [0.25, 0.3) is 0 Å². The van der Waals surface area contributed by atoms with Crippen LogP contribution in [0.2, 0.25) is 0 Å². The number of allylic oxidation sites excluding steroid dienone is 1. The number of rotatable bonds is 7. The summed E-state index contributed by atoms with van der Waals surface area (Å²) in [6, 6.07) is 6.86. The normalized spacial score (nSPS) is 11.0. The Kier molecular flexibility index (Phi) is 7.70. The monoisotopic (exact) mass is 306 g/mol. The molecule has 0 heterocycles. The number of amides is 2. The molecule has 0 radical (unpaired) electrons. The first-order valence-corrected chi connectivity index (χ1v) is 7.07. The zero-order valence-electron chi connectivity index (χ0n) is 13.1. The van der Waals surface area contributed by atoms with Crippen LogP contribution in [0.4, 0.5) is 16.2 Å². The maximum Gasteiger partial charge on any atom is 0.411 e. The summed E-state index contributed by atoms with van der Waals surface area (Å²) in [5, 5.41) is 5.36. The highest BCUT2D eigenvalue weighted by Gasteiger charge is 2.07. The van der Waals surface area contributed by atoms with Crippen LogP contribution >= 0.6 is 0 Å². The van der Waals surface area contributed by atoms with Crippen LogP contribution < -0.4 is 10.6 Å². The van der Waals surface area contributed by atoms with Crippen molar-refractivity contribution in [1.82, 2.24) is 0 Å². The van der Waals surface area contributed by atoms with Gasteiger partial charge in [-0.05, 0) is 31.5 Å². The third-order valence-corrected chi connectivity index (χ3v) is 2.76. The maximum atomic E-state index is 11.9. The molecule has 2 N–H and O–H groups in total. The van der Waals surface area contributed by atoms with Crippen molar-refractivity contribution in [2.45, 2.75) is 20.3 Å². The van der Waals surface area contributed by atoms with Gasteiger partial charge in [-0.1, -0.05) is 19.1 Å².